The molecule has 1 aromatic carbocycles. The molecule has 0 N–H and O–H groups in total. The molecule has 0 bridgehead atoms. The largest absolute Gasteiger partial charge is 0.453 e. The highest BCUT2D eigenvalue weighted by Crippen LogP contribution is 2.30. The van der Waals surface area contributed by atoms with Gasteiger partial charge in [-0.25, -0.2) is 17.6 Å². The monoisotopic (exact) mass is 475 g/mol. The lowest BCUT2D eigenvalue weighted by molar-refractivity contribution is 0.0479. The second kappa shape index (κ2) is 8.63. The zero-order chi connectivity index (χ0) is 23.0. The molecule has 1 aliphatic heterocycles. The summed E-state index contributed by atoms with van der Waals surface area (Å²) in [6.07, 6.45) is 0.524. The Morgan fingerprint density at radius 2 is 1.88 bits per heavy atom. The molecule has 6 nitrogen and oxygen atoms in total. The van der Waals surface area contributed by atoms with Crippen LogP contribution in [0.1, 0.15) is 43.9 Å². The van der Waals surface area contributed by atoms with Gasteiger partial charge < -0.3 is 9.30 Å². The van der Waals surface area contributed by atoms with Gasteiger partial charge in [0.1, 0.15) is 10.7 Å². The van der Waals surface area contributed by atoms with Crippen LogP contribution < -0.4 is 0 Å². The fraction of sp³-hybridized carbons (Fsp3) is 0.304. The molecule has 4 rings (SSSR count). The number of hydrogen-bond acceptors (Lipinski definition) is 6. The van der Waals surface area contributed by atoms with Gasteiger partial charge in [0.2, 0.25) is 5.78 Å². The van der Waals surface area contributed by atoms with E-state index in [1.807, 2.05) is 11.5 Å². The van der Waals surface area contributed by atoms with E-state index in [4.69, 9.17) is 4.74 Å². The molecule has 0 aliphatic carbocycles. The second-order valence-corrected chi connectivity index (χ2v) is 11.2. The van der Waals surface area contributed by atoms with Crippen molar-refractivity contribution in [3.05, 3.63) is 70.1 Å². The molecule has 168 valence electrons. The number of ether oxygens (including phenoxy) is 1. The predicted molar refractivity (Wildman–Crippen MR) is 121 cm³/mol. The number of rotatable bonds is 6. The number of sulfone groups is 1. The van der Waals surface area contributed by atoms with Gasteiger partial charge in [0.25, 0.3) is 0 Å². The number of Topliss-reactive ketones (excluding diaryl/α,β-unsaturated/α-hetero) is 1. The maximum absolute atomic E-state index is 13.1. The van der Waals surface area contributed by atoms with Gasteiger partial charge in [-0.3, -0.25) is 4.79 Å². The van der Waals surface area contributed by atoms with E-state index < -0.39 is 22.4 Å². The Labute approximate surface area is 189 Å². The van der Waals surface area contributed by atoms with Gasteiger partial charge in [-0.15, -0.1) is 11.3 Å². The van der Waals surface area contributed by atoms with Crippen molar-refractivity contribution in [2.24, 2.45) is 0 Å². The van der Waals surface area contributed by atoms with Crippen LogP contribution in [0.2, 0.25) is 0 Å². The van der Waals surface area contributed by atoms with Gasteiger partial charge in [-0.05, 0) is 56.2 Å². The molecule has 32 heavy (non-hydrogen) atoms. The number of hydrogen-bond donors (Lipinski definition) is 0. The lowest BCUT2D eigenvalue weighted by Gasteiger charge is -2.16. The molecule has 1 fully saturated rings. The number of halogens is 1. The third-order valence-electron chi connectivity index (χ3n) is 5.63. The van der Waals surface area contributed by atoms with Crippen molar-refractivity contribution in [1.29, 1.82) is 0 Å². The van der Waals surface area contributed by atoms with Crippen molar-refractivity contribution < 1.29 is 27.1 Å². The van der Waals surface area contributed by atoms with E-state index in [2.05, 4.69) is 0 Å². The number of thiophene rings is 1. The molecule has 0 spiro atoms. The number of ketones is 1. The molecule has 3 aromatic rings. The van der Waals surface area contributed by atoms with Crippen LogP contribution >= 0.6 is 11.3 Å². The van der Waals surface area contributed by atoms with Crippen LogP contribution in [0, 0.1) is 19.7 Å². The van der Waals surface area contributed by atoms with Gasteiger partial charge in [-0.2, -0.15) is 0 Å². The molecule has 0 saturated carbocycles. The molecule has 2 aromatic heterocycles. The van der Waals surface area contributed by atoms with E-state index in [-0.39, 0.29) is 29.1 Å². The van der Waals surface area contributed by atoms with Crippen LogP contribution in [0.4, 0.5) is 4.39 Å². The summed E-state index contributed by atoms with van der Waals surface area (Å²) in [4.78, 5) is 26.3. The third kappa shape index (κ3) is 4.54. The van der Waals surface area contributed by atoms with E-state index in [9.17, 15) is 22.4 Å². The fourth-order valence-electron chi connectivity index (χ4n) is 4.10. The third-order valence-corrected chi connectivity index (χ3v) is 8.49. The molecule has 1 aliphatic rings. The maximum atomic E-state index is 13.1. The number of benzene rings is 1. The van der Waals surface area contributed by atoms with Crippen molar-refractivity contribution in [1.82, 2.24) is 4.57 Å². The van der Waals surface area contributed by atoms with Crippen molar-refractivity contribution in [3.8, 4) is 10.4 Å². The van der Waals surface area contributed by atoms with Crippen LogP contribution in [-0.4, -0.2) is 42.9 Å². The van der Waals surface area contributed by atoms with E-state index >= 15 is 0 Å². The first kappa shape index (κ1) is 22.4. The normalized spacial score (nSPS) is 17.4. The van der Waals surface area contributed by atoms with Gasteiger partial charge in [0, 0.05) is 27.9 Å². The van der Waals surface area contributed by atoms with Crippen LogP contribution in [-0.2, 0) is 14.6 Å². The van der Waals surface area contributed by atoms with Gasteiger partial charge in [-0.1, -0.05) is 12.1 Å². The Bertz CT molecular complexity index is 1290. The molecule has 1 saturated heterocycles. The summed E-state index contributed by atoms with van der Waals surface area (Å²) in [5.74, 6) is -1.06. The maximum Gasteiger partial charge on any atom is 0.348 e. The number of aromatic nitrogens is 1. The molecule has 0 amide bonds. The highest BCUT2D eigenvalue weighted by molar-refractivity contribution is 7.91. The zero-order valence-corrected chi connectivity index (χ0v) is 19.3. The minimum atomic E-state index is -3.05. The molecule has 9 heteroatoms. The Morgan fingerprint density at radius 1 is 1.16 bits per heavy atom. The van der Waals surface area contributed by atoms with Crippen LogP contribution in [0.5, 0.6) is 0 Å². The Balaban J connectivity index is 1.43. The number of esters is 1. The van der Waals surface area contributed by atoms with Crippen LogP contribution in [0.25, 0.3) is 10.4 Å². The first-order valence-electron chi connectivity index (χ1n) is 10.1. The molecule has 1 atom stereocenters. The highest BCUT2D eigenvalue weighted by atomic mass is 32.2. The topological polar surface area (TPSA) is 82.4 Å². The summed E-state index contributed by atoms with van der Waals surface area (Å²) in [7, 11) is -3.05. The summed E-state index contributed by atoms with van der Waals surface area (Å²) < 4.78 is 43.9. The summed E-state index contributed by atoms with van der Waals surface area (Å²) in [6, 6.07) is 10.9. The van der Waals surface area contributed by atoms with Crippen LogP contribution in [0.15, 0.2) is 42.5 Å². The number of carbonyl (C=O) groups is 2. The second-order valence-electron chi connectivity index (χ2n) is 7.88. The van der Waals surface area contributed by atoms with E-state index in [1.54, 1.807) is 37.3 Å². The Morgan fingerprint density at radius 3 is 2.53 bits per heavy atom. The first-order chi connectivity index (χ1) is 15.1. The van der Waals surface area contributed by atoms with Gasteiger partial charge in [0.05, 0.1) is 11.5 Å². The zero-order valence-electron chi connectivity index (χ0n) is 17.6. The van der Waals surface area contributed by atoms with Crippen LogP contribution in [0.3, 0.4) is 0 Å². The minimum absolute atomic E-state index is 0.0702. The molecular formula is C23H22FNO5S2. The van der Waals surface area contributed by atoms with Crippen molar-refractivity contribution >= 4 is 32.9 Å². The average Bonchev–Trinajstić information content (AvgIpc) is 3.44. The number of aryl methyl sites for hydroxylation is 1. The Kier molecular flexibility index (Phi) is 6.05. The smallest absolute Gasteiger partial charge is 0.348 e. The van der Waals surface area contributed by atoms with Crippen molar-refractivity contribution in [2.75, 3.05) is 18.1 Å². The molecule has 0 radical (unpaired) electrons. The summed E-state index contributed by atoms with van der Waals surface area (Å²) in [5.41, 5.74) is 2.70. The quantitative estimate of drug-likeness (QED) is 0.391. The first-order valence-corrected chi connectivity index (χ1v) is 12.7. The molecule has 1 unspecified atom stereocenters. The van der Waals surface area contributed by atoms with E-state index in [0.717, 1.165) is 16.1 Å². The van der Waals surface area contributed by atoms with Crippen molar-refractivity contribution in [3.63, 3.8) is 0 Å². The highest BCUT2D eigenvalue weighted by Gasteiger charge is 2.31. The lowest BCUT2D eigenvalue weighted by atomic mass is 10.1. The molecule has 3 heterocycles. The van der Waals surface area contributed by atoms with Crippen molar-refractivity contribution in [2.45, 2.75) is 26.3 Å². The summed E-state index contributed by atoms with van der Waals surface area (Å²) in [5, 5.41) is 0. The number of carbonyl (C=O) groups excluding carboxylic acids is 2. The standard InChI is InChI=1S/C23H22FNO5S2/c1-14-11-19(15(2)25(14)18-9-10-32(28,29)13-18)20(26)12-30-23(27)22-8-7-21(31-22)16-3-5-17(24)6-4-16/h3-8,11,18H,9-10,12-13H2,1-2H3. The SMILES string of the molecule is Cc1cc(C(=O)COC(=O)c2ccc(-c3ccc(F)cc3)s2)c(C)n1C1CCS(=O)(=O)C1. The van der Waals surface area contributed by atoms with Gasteiger partial charge >= 0.3 is 5.97 Å². The fourth-order valence-corrected chi connectivity index (χ4v) is 6.70. The summed E-state index contributed by atoms with van der Waals surface area (Å²) >= 11 is 1.20. The number of nitrogens with zero attached hydrogens (tertiary/aromatic N) is 1. The van der Waals surface area contributed by atoms with E-state index in [0.29, 0.717) is 22.6 Å². The molecular weight excluding hydrogens is 453 g/mol. The van der Waals surface area contributed by atoms with E-state index in [1.165, 1.54) is 23.5 Å². The average molecular weight is 476 g/mol. The Hall–Kier alpha value is -2.78. The minimum Gasteiger partial charge on any atom is -0.453 e. The predicted octanol–water partition coefficient (Wildman–Crippen LogP) is 4.37. The van der Waals surface area contributed by atoms with Gasteiger partial charge in [0.15, 0.2) is 16.4 Å². The summed E-state index contributed by atoms with van der Waals surface area (Å²) in [6.45, 7) is 3.21. The lowest BCUT2D eigenvalue weighted by Crippen LogP contribution is -2.16.